The molecule has 3 aliphatic rings. The van der Waals surface area contributed by atoms with E-state index >= 15 is 0 Å². The summed E-state index contributed by atoms with van der Waals surface area (Å²) in [6.45, 7) is 16.6. The van der Waals surface area contributed by atoms with Gasteiger partial charge < -0.3 is 5.11 Å². The molecule has 0 saturated heterocycles. The third-order valence-electron chi connectivity index (χ3n) is 9.13. The Morgan fingerprint density at radius 2 is 1.83 bits per heavy atom. The molecule has 0 unspecified atom stereocenters. The Bertz CT molecular complexity index is 639. The minimum atomic E-state index is -0.174. The van der Waals surface area contributed by atoms with Crippen molar-refractivity contribution in [3.63, 3.8) is 0 Å². The highest BCUT2D eigenvalue weighted by Crippen LogP contribution is 2.60. The predicted octanol–water partition coefficient (Wildman–Crippen LogP) is 7.87. The molecular weight excluding hydrogens is 352 g/mol. The quantitative estimate of drug-likeness (QED) is 0.482. The first-order valence-electron chi connectivity index (χ1n) is 12.5. The molecule has 1 N–H and O–H groups in total. The van der Waals surface area contributed by atoms with E-state index in [1.54, 1.807) is 5.57 Å². The zero-order valence-corrected chi connectivity index (χ0v) is 19.8. The first-order valence-corrected chi connectivity index (χ1v) is 12.5. The van der Waals surface area contributed by atoms with E-state index in [4.69, 9.17) is 0 Å². The predicted molar refractivity (Wildman–Crippen MR) is 126 cm³/mol. The molecule has 1 nitrogen and oxygen atoms in total. The normalized spacial score (nSPS) is 37.9. The fourth-order valence-corrected chi connectivity index (χ4v) is 6.67. The van der Waals surface area contributed by atoms with E-state index in [1.165, 1.54) is 56.1 Å². The minimum Gasteiger partial charge on any atom is -0.393 e. The van der Waals surface area contributed by atoms with Crippen molar-refractivity contribution in [3.05, 3.63) is 35.5 Å². The van der Waals surface area contributed by atoms with Gasteiger partial charge in [0.1, 0.15) is 0 Å². The zero-order chi connectivity index (χ0) is 21.2. The van der Waals surface area contributed by atoms with E-state index < -0.39 is 0 Å². The second-order valence-corrected chi connectivity index (χ2v) is 11.3. The third kappa shape index (κ3) is 5.09. The molecule has 0 spiro atoms. The Morgan fingerprint density at radius 3 is 2.55 bits per heavy atom. The molecule has 0 aliphatic heterocycles. The van der Waals surface area contributed by atoms with Gasteiger partial charge in [0, 0.05) is 0 Å². The molecule has 29 heavy (non-hydrogen) atoms. The molecule has 1 heteroatoms. The molecule has 0 aromatic rings. The van der Waals surface area contributed by atoms with E-state index in [-0.39, 0.29) is 6.10 Å². The highest BCUT2D eigenvalue weighted by atomic mass is 16.3. The largest absolute Gasteiger partial charge is 0.393 e. The van der Waals surface area contributed by atoms with Crippen LogP contribution >= 0.6 is 0 Å². The number of allylic oxidation sites excluding steroid dienone is 4. The summed E-state index contributed by atoms with van der Waals surface area (Å²) in [5.41, 5.74) is 4.70. The van der Waals surface area contributed by atoms with Gasteiger partial charge in [-0.15, -0.1) is 0 Å². The maximum Gasteiger partial charge on any atom is 0.0583 e. The molecule has 0 radical (unpaired) electrons. The Hall–Kier alpha value is -0.820. The average Bonchev–Trinajstić information content (AvgIpc) is 3.04. The van der Waals surface area contributed by atoms with Crippen LogP contribution in [0.25, 0.3) is 0 Å². The van der Waals surface area contributed by atoms with Crippen LogP contribution in [0, 0.1) is 35.0 Å². The van der Waals surface area contributed by atoms with Gasteiger partial charge >= 0.3 is 0 Å². The van der Waals surface area contributed by atoms with Gasteiger partial charge in [-0.25, -0.2) is 0 Å². The average molecular weight is 399 g/mol. The second kappa shape index (κ2) is 9.54. The van der Waals surface area contributed by atoms with Crippen molar-refractivity contribution < 1.29 is 5.11 Å². The molecule has 3 aliphatic carbocycles. The number of rotatable bonds is 6. The number of aliphatic hydroxyl groups is 1. The van der Waals surface area contributed by atoms with Crippen molar-refractivity contribution in [3.8, 4) is 0 Å². The van der Waals surface area contributed by atoms with Crippen molar-refractivity contribution >= 4 is 0 Å². The summed E-state index contributed by atoms with van der Waals surface area (Å²) in [6.07, 6.45) is 16.8. The molecule has 0 heterocycles. The fraction of sp³-hybridized carbons (Fsp3) is 0.786. The summed E-state index contributed by atoms with van der Waals surface area (Å²) in [6, 6.07) is 0. The second-order valence-electron chi connectivity index (χ2n) is 11.3. The van der Waals surface area contributed by atoms with Crippen molar-refractivity contribution in [1.82, 2.24) is 0 Å². The smallest absolute Gasteiger partial charge is 0.0583 e. The molecular formula is C28H46O. The lowest BCUT2D eigenvalue weighted by atomic mass is 9.60. The highest BCUT2D eigenvalue weighted by Gasteiger charge is 2.50. The Labute approximate surface area is 180 Å². The van der Waals surface area contributed by atoms with Gasteiger partial charge in [-0.2, -0.15) is 0 Å². The van der Waals surface area contributed by atoms with Crippen LogP contribution in [-0.4, -0.2) is 11.2 Å². The van der Waals surface area contributed by atoms with Gasteiger partial charge in [-0.05, 0) is 91.9 Å². The molecule has 3 fully saturated rings. The Balaban J connectivity index is 1.70. The van der Waals surface area contributed by atoms with E-state index in [9.17, 15) is 5.11 Å². The standard InChI is InChI=1S/C28H46O/c1-19(2)20(3)9-10-22(5)26-15-16-27-23(8-7-17-28(26,27)6)12-13-24-18-25(29)14-11-21(24)4/h12-13,19-20,22,25-27,29H,4,7-11,14-18H2,1-3,5-6H3/b23-12+,24-13+/t20-,22-,25+,26-,27+,28-/m1/s1. The minimum absolute atomic E-state index is 0.174. The van der Waals surface area contributed by atoms with Crippen molar-refractivity contribution in [1.29, 1.82) is 0 Å². The first kappa shape index (κ1) is 22.9. The summed E-state index contributed by atoms with van der Waals surface area (Å²) in [5, 5.41) is 10.0. The van der Waals surface area contributed by atoms with E-state index in [2.05, 4.69) is 53.3 Å². The van der Waals surface area contributed by atoms with E-state index in [1.807, 2.05) is 0 Å². The Morgan fingerprint density at radius 1 is 1.07 bits per heavy atom. The van der Waals surface area contributed by atoms with Gasteiger partial charge in [0.2, 0.25) is 0 Å². The summed E-state index contributed by atoms with van der Waals surface area (Å²) >= 11 is 0. The van der Waals surface area contributed by atoms with Crippen LogP contribution in [0.2, 0.25) is 0 Å². The first-order chi connectivity index (χ1) is 13.7. The lowest BCUT2D eigenvalue weighted by Gasteiger charge is -2.44. The maximum absolute atomic E-state index is 10.0. The summed E-state index contributed by atoms with van der Waals surface area (Å²) in [4.78, 5) is 0. The topological polar surface area (TPSA) is 20.2 Å². The lowest BCUT2D eigenvalue weighted by molar-refractivity contribution is 0.0907. The van der Waals surface area contributed by atoms with Gasteiger partial charge in [0.15, 0.2) is 0 Å². The van der Waals surface area contributed by atoms with Crippen LogP contribution in [0.1, 0.15) is 98.8 Å². The van der Waals surface area contributed by atoms with Crippen LogP contribution in [0.15, 0.2) is 35.5 Å². The molecule has 0 aromatic heterocycles. The van der Waals surface area contributed by atoms with Crippen LogP contribution in [-0.2, 0) is 0 Å². The zero-order valence-electron chi connectivity index (χ0n) is 19.8. The summed E-state index contributed by atoms with van der Waals surface area (Å²) in [5.74, 6) is 4.14. The van der Waals surface area contributed by atoms with Crippen molar-refractivity contribution in [2.75, 3.05) is 0 Å². The van der Waals surface area contributed by atoms with Crippen molar-refractivity contribution in [2.45, 2.75) is 105 Å². The van der Waals surface area contributed by atoms with Crippen LogP contribution in [0.3, 0.4) is 0 Å². The molecule has 6 atom stereocenters. The van der Waals surface area contributed by atoms with Crippen LogP contribution in [0.5, 0.6) is 0 Å². The summed E-state index contributed by atoms with van der Waals surface area (Å²) < 4.78 is 0. The van der Waals surface area contributed by atoms with Gasteiger partial charge in [0.25, 0.3) is 0 Å². The molecule has 164 valence electrons. The number of aliphatic hydroxyl groups excluding tert-OH is 1. The molecule has 0 aromatic carbocycles. The molecule has 0 amide bonds. The lowest BCUT2D eigenvalue weighted by Crippen LogP contribution is -2.36. The summed E-state index contributed by atoms with van der Waals surface area (Å²) in [7, 11) is 0. The van der Waals surface area contributed by atoms with Gasteiger partial charge in [0.05, 0.1) is 6.10 Å². The number of hydrogen-bond acceptors (Lipinski definition) is 1. The number of fused-ring (bicyclic) bond motifs is 1. The maximum atomic E-state index is 10.0. The Kier molecular flexibility index (Phi) is 7.52. The SMILES string of the molecule is C=C1CC[C@H](O)C/C1=C\C=C1/CCC[C@]2(C)[C@@H]([C@H](C)CC[C@@H](C)C(C)C)CC[C@@H]12. The highest BCUT2D eigenvalue weighted by molar-refractivity contribution is 5.36. The van der Waals surface area contributed by atoms with Crippen LogP contribution < -0.4 is 0 Å². The van der Waals surface area contributed by atoms with Gasteiger partial charge in [-0.3, -0.25) is 0 Å². The molecule has 3 saturated carbocycles. The molecule has 0 bridgehead atoms. The van der Waals surface area contributed by atoms with E-state index in [0.29, 0.717) is 5.41 Å². The van der Waals surface area contributed by atoms with Gasteiger partial charge in [-0.1, -0.05) is 77.3 Å². The molecule has 3 rings (SSSR count). The van der Waals surface area contributed by atoms with Crippen LogP contribution in [0.4, 0.5) is 0 Å². The van der Waals surface area contributed by atoms with Crippen molar-refractivity contribution in [2.24, 2.45) is 35.0 Å². The van der Waals surface area contributed by atoms with E-state index in [0.717, 1.165) is 48.9 Å². The monoisotopic (exact) mass is 398 g/mol. The number of hydrogen-bond donors (Lipinski definition) is 1. The fourth-order valence-electron chi connectivity index (χ4n) is 6.67. The third-order valence-corrected chi connectivity index (χ3v) is 9.13.